The van der Waals surface area contributed by atoms with Gasteiger partial charge in [0.05, 0.1) is 0 Å². The van der Waals surface area contributed by atoms with Gasteiger partial charge in [-0.25, -0.2) is 0 Å². The van der Waals surface area contributed by atoms with Crippen molar-refractivity contribution in [1.29, 1.82) is 0 Å². The van der Waals surface area contributed by atoms with Crippen molar-refractivity contribution in [1.82, 2.24) is 0 Å². The van der Waals surface area contributed by atoms with E-state index in [1.165, 1.54) is 0 Å². The fourth-order valence-corrected chi connectivity index (χ4v) is 1.13. The van der Waals surface area contributed by atoms with Gasteiger partial charge in [-0.1, -0.05) is 0 Å². The molecule has 4 heteroatoms. The Bertz CT molecular complexity index is 224. The van der Waals surface area contributed by atoms with E-state index in [1.54, 1.807) is 12.1 Å². The summed E-state index contributed by atoms with van der Waals surface area (Å²) in [6, 6.07) is 3.47. The Hall–Kier alpha value is -0.320. The second-order valence-corrected chi connectivity index (χ2v) is 3.02. The molecule has 0 unspecified atom stereocenters. The molecule has 1 aromatic rings. The van der Waals surface area contributed by atoms with E-state index < -0.39 is 6.10 Å². The van der Waals surface area contributed by atoms with Crippen molar-refractivity contribution in [3.05, 3.63) is 22.6 Å². The molecule has 1 rings (SSSR count). The van der Waals surface area contributed by atoms with E-state index in [1.807, 2.05) is 0 Å². The number of furan rings is 1. The van der Waals surface area contributed by atoms with Crippen molar-refractivity contribution in [3.63, 3.8) is 0 Å². The molecule has 62 valence electrons. The van der Waals surface area contributed by atoms with Gasteiger partial charge in [-0.15, -0.1) is 0 Å². The third-order valence-corrected chi connectivity index (χ3v) is 1.79. The van der Waals surface area contributed by atoms with Crippen molar-refractivity contribution >= 4 is 15.9 Å². The van der Waals surface area contributed by atoms with Gasteiger partial charge in [0.1, 0.15) is 11.9 Å². The molecule has 0 saturated carbocycles. The summed E-state index contributed by atoms with van der Waals surface area (Å²) in [6.07, 6.45) is -0.0498. The van der Waals surface area contributed by atoms with Crippen LogP contribution in [0.1, 0.15) is 18.3 Å². The van der Waals surface area contributed by atoms with Crippen LogP contribution in [0.25, 0.3) is 0 Å². The molecule has 0 aliphatic rings. The largest absolute Gasteiger partial charge is 0.452 e. The van der Waals surface area contributed by atoms with E-state index in [0.717, 1.165) is 0 Å². The number of rotatable bonds is 3. The molecule has 0 bridgehead atoms. The predicted octanol–water partition coefficient (Wildman–Crippen LogP) is 1.42. The van der Waals surface area contributed by atoms with Crippen LogP contribution in [0.15, 0.2) is 21.2 Å². The van der Waals surface area contributed by atoms with E-state index in [-0.39, 0.29) is 0 Å². The molecule has 0 amide bonds. The minimum absolute atomic E-state index is 0.458. The Morgan fingerprint density at radius 3 is 2.82 bits per heavy atom. The molecule has 3 nitrogen and oxygen atoms in total. The summed E-state index contributed by atoms with van der Waals surface area (Å²) in [5, 5.41) is 9.34. The Labute approximate surface area is 73.3 Å². The van der Waals surface area contributed by atoms with Gasteiger partial charge in [-0.3, -0.25) is 0 Å². The van der Waals surface area contributed by atoms with Gasteiger partial charge >= 0.3 is 0 Å². The van der Waals surface area contributed by atoms with Gasteiger partial charge in [0.15, 0.2) is 4.67 Å². The molecule has 0 fully saturated rings. The smallest absolute Gasteiger partial charge is 0.169 e. The summed E-state index contributed by atoms with van der Waals surface area (Å²) in [7, 11) is 0. The van der Waals surface area contributed by atoms with Crippen molar-refractivity contribution in [3.8, 4) is 0 Å². The highest BCUT2D eigenvalue weighted by molar-refractivity contribution is 9.10. The van der Waals surface area contributed by atoms with Gasteiger partial charge < -0.3 is 15.3 Å². The van der Waals surface area contributed by atoms with Crippen molar-refractivity contribution in [2.75, 3.05) is 6.54 Å². The number of halogens is 1. The lowest BCUT2D eigenvalue weighted by Gasteiger charge is -2.03. The van der Waals surface area contributed by atoms with Crippen LogP contribution in [0.2, 0.25) is 0 Å². The van der Waals surface area contributed by atoms with Gasteiger partial charge in [0, 0.05) is 0 Å². The molecular formula is C7H10BrNO2. The molecular weight excluding hydrogens is 210 g/mol. The molecule has 0 aromatic carbocycles. The second kappa shape index (κ2) is 3.90. The molecule has 0 saturated heterocycles. The molecule has 0 aliphatic heterocycles. The lowest BCUT2D eigenvalue weighted by atomic mass is 10.2. The van der Waals surface area contributed by atoms with E-state index >= 15 is 0 Å². The van der Waals surface area contributed by atoms with Gasteiger partial charge in [0.25, 0.3) is 0 Å². The minimum atomic E-state index is -0.578. The summed E-state index contributed by atoms with van der Waals surface area (Å²) < 4.78 is 5.74. The number of aliphatic hydroxyl groups is 1. The number of nitrogens with two attached hydrogens (primary N) is 1. The molecule has 11 heavy (non-hydrogen) atoms. The molecule has 0 aliphatic carbocycles. The molecule has 0 spiro atoms. The van der Waals surface area contributed by atoms with E-state index in [4.69, 9.17) is 10.2 Å². The first kappa shape index (κ1) is 8.77. The Kier molecular flexibility index (Phi) is 3.11. The summed E-state index contributed by atoms with van der Waals surface area (Å²) in [4.78, 5) is 0. The normalized spacial score (nSPS) is 13.4. The van der Waals surface area contributed by atoms with Crippen LogP contribution in [-0.2, 0) is 0 Å². The van der Waals surface area contributed by atoms with Crippen LogP contribution in [-0.4, -0.2) is 11.7 Å². The molecule has 0 radical (unpaired) electrons. The topological polar surface area (TPSA) is 59.4 Å². The van der Waals surface area contributed by atoms with Crippen molar-refractivity contribution < 1.29 is 9.52 Å². The lowest BCUT2D eigenvalue weighted by Crippen LogP contribution is -2.05. The fraction of sp³-hybridized carbons (Fsp3) is 0.429. The lowest BCUT2D eigenvalue weighted by molar-refractivity contribution is 0.141. The number of hydrogen-bond acceptors (Lipinski definition) is 3. The minimum Gasteiger partial charge on any atom is -0.452 e. The maximum atomic E-state index is 9.34. The summed E-state index contributed by atoms with van der Waals surface area (Å²) in [5.41, 5.74) is 5.26. The van der Waals surface area contributed by atoms with Crippen LogP contribution >= 0.6 is 15.9 Å². The summed E-state index contributed by atoms with van der Waals surface area (Å²) in [5.74, 6) is 0.558. The zero-order valence-corrected chi connectivity index (χ0v) is 7.54. The first-order valence-corrected chi connectivity index (χ1v) is 4.16. The maximum Gasteiger partial charge on any atom is 0.169 e. The van der Waals surface area contributed by atoms with E-state index in [9.17, 15) is 5.11 Å². The molecule has 3 N–H and O–H groups in total. The zero-order chi connectivity index (χ0) is 8.27. The highest BCUT2D eigenvalue weighted by atomic mass is 79.9. The first-order valence-electron chi connectivity index (χ1n) is 3.37. The van der Waals surface area contributed by atoms with Crippen LogP contribution < -0.4 is 5.73 Å². The van der Waals surface area contributed by atoms with Crippen molar-refractivity contribution in [2.45, 2.75) is 12.5 Å². The molecule has 1 heterocycles. The van der Waals surface area contributed by atoms with Gasteiger partial charge in [0.2, 0.25) is 0 Å². The third-order valence-electron chi connectivity index (χ3n) is 1.36. The van der Waals surface area contributed by atoms with Crippen LogP contribution in [0.5, 0.6) is 0 Å². The van der Waals surface area contributed by atoms with Crippen LogP contribution in [0.4, 0.5) is 0 Å². The molecule has 1 atom stereocenters. The van der Waals surface area contributed by atoms with Crippen LogP contribution in [0, 0.1) is 0 Å². The van der Waals surface area contributed by atoms with E-state index in [0.29, 0.717) is 23.4 Å². The summed E-state index contributed by atoms with van der Waals surface area (Å²) >= 11 is 3.14. The third kappa shape index (κ3) is 2.32. The maximum absolute atomic E-state index is 9.34. The van der Waals surface area contributed by atoms with Crippen LogP contribution in [0.3, 0.4) is 0 Å². The first-order chi connectivity index (χ1) is 5.24. The fourth-order valence-electron chi connectivity index (χ4n) is 0.807. The SMILES string of the molecule is NCC[C@@H](O)c1ccc(Br)o1. The Morgan fingerprint density at radius 1 is 1.64 bits per heavy atom. The zero-order valence-electron chi connectivity index (χ0n) is 5.96. The van der Waals surface area contributed by atoms with Gasteiger partial charge in [-0.05, 0) is 41.0 Å². The highest BCUT2D eigenvalue weighted by Crippen LogP contribution is 2.21. The average molecular weight is 220 g/mol. The standard InChI is InChI=1S/C7H10BrNO2/c8-7-2-1-6(11-7)5(10)3-4-9/h1-2,5,10H,3-4,9H2/t5-/m1/s1. The monoisotopic (exact) mass is 219 g/mol. The average Bonchev–Trinajstić information content (AvgIpc) is 2.36. The Balaban J connectivity index is 2.60. The molecule has 1 aromatic heterocycles. The second-order valence-electron chi connectivity index (χ2n) is 2.24. The Morgan fingerprint density at radius 2 is 2.36 bits per heavy atom. The number of hydrogen-bond donors (Lipinski definition) is 2. The quantitative estimate of drug-likeness (QED) is 0.809. The number of aliphatic hydroxyl groups excluding tert-OH is 1. The predicted molar refractivity (Wildman–Crippen MR) is 45.0 cm³/mol. The summed E-state index contributed by atoms with van der Waals surface area (Å²) in [6.45, 7) is 0.458. The van der Waals surface area contributed by atoms with Gasteiger partial charge in [-0.2, -0.15) is 0 Å². The van der Waals surface area contributed by atoms with E-state index in [2.05, 4.69) is 15.9 Å². The van der Waals surface area contributed by atoms with Crippen molar-refractivity contribution in [2.24, 2.45) is 5.73 Å². The highest BCUT2D eigenvalue weighted by Gasteiger charge is 2.09.